The summed E-state index contributed by atoms with van der Waals surface area (Å²) in [6.07, 6.45) is 1.02. The summed E-state index contributed by atoms with van der Waals surface area (Å²) in [7, 11) is 4.22. The van der Waals surface area contributed by atoms with E-state index < -0.39 is 0 Å². The van der Waals surface area contributed by atoms with Gasteiger partial charge in [-0.1, -0.05) is 60.7 Å². The van der Waals surface area contributed by atoms with Gasteiger partial charge in [-0.25, -0.2) is 0 Å². The van der Waals surface area contributed by atoms with Crippen LogP contribution >= 0.6 is 0 Å². The van der Waals surface area contributed by atoms with E-state index in [9.17, 15) is 0 Å². The average molecular weight is 269 g/mol. The minimum Gasteiger partial charge on any atom is -0.375 e. The van der Waals surface area contributed by atoms with Gasteiger partial charge in [0, 0.05) is 6.04 Å². The van der Waals surface area contributed by atoms with Crippen molar-refractivity contribution >= 4 is 0 Å². The zero-order chi connectivity index (χ0) is 14.2. The van der Waals surface area contributed by atoms with E-state index in [4.69, 9.17) is 4.74 Å². The van der Waals surface area contributed by atoms with E-state index >= 15 is 0 Å². The van der Waals surface area contributed by atoms with Crippen molar-refractivity contribution in [3.8, 4) is 0 Å². The molecule has 0 amide bonds. The Morgan fingerprint density at radius 1 is 0.850 bits per heavy atom. The van der Waals surface area contributed by atoms with E-state index in [1.54, 1.807) is 0 Å². The quantitative estimate of drug-likeness (QED) is 0.764. The number of hydrogen-bond acceptors (Lipinski definition) is 2. The van der Waals surface area contributed by atoms with Gasteiger partial charge >= 0.3 is 0 Å². The summed E-state index contributed by atoms with van der Waals surface area (Å²) in [4.78, 5) is 2.23. The lowest BCUT2D eigenvalue weighted by Gasteiger charge is -2.24. The van der Waals surface area contributed by atoms with E-state index in [0.29, 0.717) is 12.6 Å². The van der Waals surface area contributed by atoms with Gasteiger partial charge in [-0.2, -0.15) is 0 Å². The number of benzene rings is 2. The van der Waals surface area contributed by atoms with Crippen LogP contribution in [-0.4, -0.2) is 31.6 Å². The third kappa shape index (κ3) is 4.80. The first kappa shape index (κ1) is 14.8. The van der Waals surface area contributed by atoms with Crippen LogP contribution in [0.5, 0.6) is 0 Å². The van der Waals surface area contributed by atoms with Gasteiger partial charge in [-0.15, -0.1) is 0 Å². The Labute approximate surface area is 122 Å². The van der Waals surface area contributed by atoms with E-state index in [1.807, 2.05) is 18.2 Å². The highest BCUT2D eigenvalue weighted by Gasteiger charge is 2.12. The molecule has 0 unspecified atom stereocenters. The number of ether oxygens (including phenoxy) is 1. The van der Waals surface area contributed by atoms with Gasteiger partial charge < -0.3 is 9.64 Å². The molecule has 2 rings (SSSR count). The van der Waals surface area contributed by atoms with E-state index in [2.05, 4.69) is 61.5 Å². The lowest BCUT2D eigenvalue weighted by molar-refractivity contribution is 0.0686. The molecular weight excluding hydrogens is 246 g/mol. The topological polar surface area (TPSA) is 12.5 Å². The van der Waals surface area contributed by atoms with Crippen molar-refractivity contribution in [1.29, 1.82) is 0 Å². The second-order valence-corrected chi connectivity index (χ2v) is 5.31. The second-order valence-electron chi connectivity index (χ2n) is 5.31. The molecule has 0 aliphatic heterocycles. The highest BCUT2D eigenvalue weighted by atomic mass is 16.5. The Balaban J connectivity index is 1.84. The van der Waals surface area contributed by atoms with Crippen LogP contribution in [0.25, 0.3) is 0 Å². The van der Waals surface area contributed by atoms with E-state index in [1.165, 1.54) is 11.1 Å². The molecule has 0 bridgehead atoms. The molecule has 0 heterocycles. The van der Waals surface area contributed by atoms with Crippen molar-refractivity contribution in [2.75, 3.05) is 20.7 Å². The van der Waals surface area contributed by atoms with Crippen LogP contribution in [0.2, 0.25) is 0 Å². The van der Waals surface area contributed by atoms with Crippen molar-refractivity contribution in [2.45, 2.75) is 19.1 Å². The summed E-state index contributed by atoms with van der Waals surface area (Å²) in [5.41, 5.74) is 2.58. The molecule has 1 atom stereocenters. The van der Waals surface area contributed by atoms with E-state index in [-0.39, 0.29) is 0 Å². The fraction of sp³-hybridized carbons (Fsp3) is 0.333. The molecule has 0 N–H and O–H groups in total. The molecule has 2 nitrogen and oxygen atoms in total. The zero-order valence-corrected chi connectivity index (χ0v) is 12.3. The first-order valence-electron chi connectivity index (χ1n) is 7.07. The van der Waals surface area contributed by atoms with Crippen molar-refractivity contribution in [3.63, 3.8) is 0 Å². The summed E-state index contributed by atoms with van der Waals surface area (Å²) < 4.78 is 5.87. The van der Waals surface area contributed by atoms with Crippen molar-refractivity contribution < 1.29 is 4.74 Å². The summed E-state index contributed by atoms with van der Waals surface area (Å²) in [6, 6.07) is 21.3. The summed E-state index contributed by atoms with van der Waals surface area (Å²) in [6.45, 7) is 1.43. The van der Waals surface area contributed by atoms with Crippen molar-refractivity contribution in [2.24, 2.45) is 0 Å². The maximum atomic E-state index is 5.87. The zero-order valence-electron chi connectivity index (χ0n) is 12.3. The van der Waals surface area contributed by atoms with Gasteiger partial charge in [-0.05, 0) is 31.6 Å². The summed E-state index contributed by atoms with van der Waals surface area (Å²) in [5.74, 6) is 0. The molecule has 2 aromatic carbocycles. The number of rotatable bonds is 7. The van der Waals surface area contributed by atoms with Gasteiger partial charge in [-0.3, -0.25) is 0 Å². The number of nitrogens with zero attached hydrogens (tertiary/aromatic N) is 1. The summed E-state index contributed by atoms with van der Waals surface area (Å²) >= 11 is 0. The molecule has 0 aliphatic rings. The van der Waals surface area contributed by atoms with Crippen LogP contribution in [0, 0.1) is 0 Å². The minimum absolute atomic E-state index is 0.404. The van der Waals surface area contributed by atoms with Gasteiger partial charge in [0.2, 0.25) is 0 Å². The molecule has 0 radical (unpaired) electrons. The molecular formula is C18H23NO. The molecule has 20 heavy (non-hydrogen) atoms. The van der Waals surface area contributed by atoms with Crippen molar-refractivity contribution in [1.82, 2.24) is 4.90 Å². The SMILES string of the molecule is CN(C)[C@@H](COCc1ccccc1)Cc1ccccc1. The lowest BCUT2D eigenvalue weighted by Crippen LogP contribution is -2.34. The monoisotopic (exact) mass is 269 g/mol. The molecule has 0 saturated carbocycles. The molecule has 106 valence electrons. The third-order valence-corrected chi connectivity index (χ3v) is 3.47. The predicted molar refractivity (Wildman–Crippen MR) is 83.7 cm³/mol. The molecule has 0 spiro atoms. The fourth-order valence-electron chi connectivity index (χ4n) is 2.16. The Morgan fingerprint density at radius 3 is 1.95 bits per heavy atom. The van der Waals surface area contributed by atoms with Crippen LogP contribution in [0.3, 0.4) is 0 Å². The maximum Gasteiger partial charge on any atom is 0.0717 e. The van der Waals surface area contributed by atoms with Gasteiger partial charge in [0.05, 0.1) is 13.2 Å². The molecule has 0 aliphatic carbocycles. The Hall–Kier alpha value is -1.64. The average Bonchev–Trinajstić information content (AvgIpc) is 2.48. The Kier molecular flexibility index (Phi) is 5.78. The number of hydrogen-bond donors (Lipinski definition) is 0. The van der Waals surface area contributed by atoms with E-state index in [0.717, 1.165) is 13.0 Å². The van der Waals surface area contributed by atoms with Crippen LogP contribution in [0.1, 0.15) is 11.1 Å². The first-order valence-corrected chi connectivity index (χ1v) is 7.07. The summed E-state index contributed by atoms with van der Waals surface area (Å²) in [5, 5.41) is 0. The fourth-order valence-corrected chi connectivity index (χ4v) is 2.16. The van der Waals surface area contributed by atoms with Crippen LogP contribution in [-0.2, 0) is 17.8 Å². The normalized spacial score (nSPS) is 12.6. The standard InChI is InChI=1S/C18H23NO/c1-19(2)18(13-16-9-5-3-6-10-16)15-20-14-17-11-7-4-8-12-17/h3-12,18H,13-15H2,1-2H3/t18-/m1/s1. The molecule has 0 saturated heterocycles. The molecule has 0 fully saturated rings. The largest absolute Gasteiger partial charge is 0.375 e. The maximum absolute atomic E-state index is 5.87. The highest BCUT2D eigenvalue weighted by molar-refractivity contribution is 5.16. The molecule has 0 aromatic heterocycles. The smallest absolute Gasteiger partial charge is 0.0717 e. The Bertz CT molecular complexity index is 481. The first-order chi connectivity index (χ1) is 9.75. The van der Waals surface area contributed by atoms with Gasteiger partial charge in [0.25, 0.3) is 0 Å². The number of likely N-dealkylation sites (N-methyl/N-ethyl adjacent to an activating group) is 1. The Morgan fingerprint density at radius 2 is 1.40 bits per heavy atom. The third-order valence-electron chi connectivity index (χ3n) is 3.47. The van der Waals surface area contributed by atoms with Crippen molar-refractivity contribution in [3.05, 3.63) is 71.8 Å². The minimum atomic E-state index is 0.404. The van der Waals surface area contributed by atoms with Gasteiger partial charge in [0.15, 0.2) is 0 Å². The predicted octanol–water partition coefficient (Wildman–Crippen LogP) is 3.38. The van der Waals surface area contributed by atoms with Crippen LogP contribution in [0.15, 0.2) is 60.7 Å². The molecule has 2 heteroatoms. The van der Waals surface area contributed by atoms with Crippen LogP contribution in [0.4, 0.5) is 0 Å². The lowest BCUT2D eigenvalue weighted by atomic mass is 10.1. The highest BCUT2D eigenvalue weighted by Crippen LogP contribution is 2.08. The van der Waals surface area contributed by atoms with Crippen LogP contribution < -0.4 is 0 Å². The van der Waals surface area contributed by atoms with Gasteiger partial charge in [0.1, 0.15) is 0 Å². The second kappa shape index (κ2) is 7.83. The molecule has 2 aromatic rings.